The molecular formula is C22H21F3N2O2. The molecule has 152 valence electrons. The second kappa shape index (κ2) is 7.73. The number of carbonyl (C=O) groups excluding carboxylic acids is 1. The van der Waals surface area contributed by atoms with E-state index in [1.165, 1.54) is 12.3 Å². The van der Waals surface area contributed by atoms with Crippen molar-refractivity contribution in [3.8, 4) is 0 Å². The summed E-state index contributed by atoms with van der Waals surface area (Å²) in [4.78, 5) is 25.5. The Morgan fingerprint density at radius 3 is 2.31 bits per heavy atom. The fraction of sp³-hybridized carbons (Fsp3) is 0.273. The molecule has 0 saturated heterocycles. The highest BCUT2D eigenvalue weighted by molar-refractivity contribution is 6.05. The molecular weight excluding hydrogens is 381 g/mol. The predicted molar refractivity (Wildman–Crippen MR) is 107 cm³/mol. The van der Waals surface area contributed by atoms with E-state index in [9.17, 15) is 22.8 Å². The quantitative estimate of drug-likeness (QED) is 0.634. The van der Waals surface area contributed by atoms with Gasteiger partial charge in [-0.2, -0.15) is 13.2 Å². The minimum atomic E-state index is -4.58. The third-order valence-electron chi connectivity index (χ3n) is 4.83. The van der Waals surface area contributed by atoms with Gasteiger partial charge in [-0.05, 0) is 48.7 Å². The van der Waals surface area contributed by atoms with Gasteiger partial charge in [-0.1, -0.05) is 26.0 Å². The van der Waals surface area contributed by atoms with Crippen molar-refractivity contribution in [1.29, 1.82) is 0 Å². The zero-order valence-corrected chi connectivity index (χ0v) is 16.3. The zero-order valence-electron chi connectivity index (χ0n) is 16.3. The number of pyridine rings is 1. The third-order valence-corrected chi connectivity index (χ3v) is 4.83. The van der Waals surface area contributed by atoms with Gasteiger partial charge in [0.1, 0.15) is 5.56 Å². The van der Waals surface area contributed by atoms with Crippen LogP contribution < -0.4 is 10.7 Å². The minimum Gasteiger partial charge on any atom is -0.347 e. The van der Waals surface area contributed by atoms with E-state index in [0.29, 0.717) is 23.7 Å². The van der Waals surface area contributed by atoms with Crippen molar-refractivity contribution in [2.45, 2.75) is 39.4 Å². The molecule has 7 heteroatoms. The number of hydrogen-bond donors (Lipinski definition) is 1. The largest absolute Gasteiger partial charge is 0.416 e. The first-order chi connectivity index (χ1) is 13.6. The summed E-state index contributed by atoms with van der Waals surface area (Å²) in [5.41, 5.74) is 0.0985. The van der Waals surface area contributed by atoms with E-state index in [0.717, 1.165) is 17.7 Å². The Morgan fingerprint density at radius 1 is 1.10 bits per heavy atom. The SMILES string of the molecule is CCn1cc(C(=O)Nc2ccc(C(C)C)cc2)c(=O)c2cc(C(F)(F)F)ccc21. The number of amides is 1. The average molecular weight is 402 g/mol. The minimum absolute atomic E-state index is 0.135. The van der Waals surface area contributed by atoms with E-state index < -0.39 is 23.1 Å². The molecule has 3 rings (SSSR count). The van der Waals surface area contributed by atoms with Crippen molar-refractivity contribution in [3.05, 3.63) is 75.6 Å². The molecule has 0 aliphatic heterocycles. The summed E-state index contributed by atoms with van der Waals surface area (Å²) in [7, 11) is 0. The molecule has 2 aromatic carbocycles. The highest BCUT2D eigenvalue weighted by Gasteiger charge is 2.31. The van der Waals surface area contributed by atoms with Crippen LogP contribution in [-0.2, 0) is 12.7 Å². The molecule has 0 aliphatic carbocycles. The molecule has 0 atom stereocenters. The summed E-state index contributed by atoms with van der Waals surface area (Å²) in [6.07, 6.45) is -3.19. The summed E-state index contributed by atoms with van der Waals surface area (Å²) >= 11 is 0. The van der Waals surface area contributed by atoms with Crippen LogP contribution in [0.1, 0.15) is 48.2 Å². The van der Waals surface area contributed by atoms with Crippen LogP contribution in [-0.4, -0.2) is 10.5 Å². The Hall–Kier alpha value is -3.09. The molecule has 1 amide bonds. The van der Waals surface area contributed by atoms with Crippen molar-refractivity contribution >= 4 is 22.5 Å². The summed E-state index contributed by atoms with van der Waals surface area (Å²) < 4.78 is 40.8. The number of aromatic nitrogens is 1. The van der Waals surface area contributed by atoms with Crippen molar-refractivity contribution in [2.24, 2.45) is 0 Å². The smallest absolute Gasteiger partial charge is 0.347 e. The molecule has 4 nitrogen and oxygen atoms in total. The van der Waals surface area contributed by atoms with Crippen molar-refractivity contribution in [3.63, 3.8) is 0 Å². The lowest BCUT2D eigenvalue weighted by Crippen LogP contribution is -2.24. The van der Waals surface area contributed by atoms with Crippen LogP contribution in [0.5, 0.6) is 0 Å². The van der Waals surface area contributed by atoms with Crippen LogP contribution >= 0.6 is 0 Å². The van der Waals surface area contributed by atoms with E-state index >= 15 is 0 Å². The van der Waals surface area contributed by atoms with Crippen LogP contribution in [0.3, 0.4) is 0 Å². The zero-order chi connectivity index (χ0) is 21.3. The number of benzene rings is 2. The first kappa shape index (κ1) is 20.6. The van der Waals surface area contributed by atoms with Crippen molar-refractivity contribution < 1.29 is 18.0 Å². The van der Waals surface area contributed by atoms with E-state index in [4.69, 9.17) is 0 Å². The average Bonchev–Trinajstić information content (AvgIpc) is 2.67. The molecule has 1 aromatic heterocycles. The fourth-order valence-corrected chi connectivity index (χ4v) is 3.15. The number of nitrogens with zero attached hydrogens (tertiary/aromatic N) is 1. The number of halogens is 3. The number of anilines is 1. The lowest BCUT2D eigenvalue weighted by molar-refractivity contribution is -0.137. The summed E-state index contributed by atoms with van der Waals surface area (Å²) in [6.45, 7) is 6.27. The van der Waals surface area contributed by atoms with E-state index in [1.54, 1.807) is 23.6 Å². The molecule has 1 N–H and O–H groups in total. The molecule has 29 heavy (non-hydrogen) atoms. The first-order valence-electron chi connectivity index (χ1n) is 9.27. The monoisotopic (exact) mass is 402 g/mol. The number of carbonyl (C=O) groups is 1. The Balaban J connectivity index is 2.04. The third kappa shape index (κ3) is 4.18. The van der Waals surface area contributed by atoms with Gasteiger partial charge in [0.15, 0.2) is 0 Å². The maximum atomic E-state index is 13.1. The van der Waals surface area contributed by atoms with Crippen molar-refractivity contribution in [1.82, 2.24) is 4.57 Å². The number of fused-ring (bicyclic) bond motifs is 1. The predicted octanol–water partition coefficient (Wildman–Crippen LogP) is 5.42. The molecule has 0 saturated carbocycles. The number of hydrogen-bond acceptors (Lipinski definition) is 2. The van der Waals surface area contributed by atoms with E-state index in [1.807, 2.05) is 26.0 Å². The lowest BCUT2D eigenvalue weighted by atomic mass is 10.0. The van der Waals surface area contributed by atoms with Gasteiger partial charge in [-0.15, -0.1) is 0 Å². The van der Waals surface area contributed by atoms with Gasteiger partial charge in [0.25, 0.3) is 5.91 Å². The van der Waals surface area contributed by atoms with E-state index in [2.05, 4.69) is 5.32 Å². The topological polar surface area (TPSA) is 51.1 Å². The van der Waals surface area contributed by atoms with Gasteiger partial charge in [0, 0.05) is 23.8 Å². The number of rotatable bonds is 4. The Labute approximate surface area is 166 Å². The maximum absolute atomic E-state index is 13.1. The summed E-state index contributed by atoms with van der Waals surface area (Å²) in [6, 6.07) is 10.2. The second-order valence-corrected chi connectivity index (χ2v) is 7.12. The van der Waals surface area contributed by atoms with Gasteiger partial charge in [-0.3, -0.25) is 9.59 Å². The summed E-state index contributed by atoms with van der Waals surface area (Å²) in [5.74, 6) is -0.325. The van der Waals surface area contributed by atoms with Gasteiger partial charge < -0.3 is 9.88 Å². The van der Waals surface area contributed by atoms with E-state index in [-0.39, 0.29) is 10.9 Å². The van der Waals surface area contributed by atoms with Crippen LogP contribution in [0.15, 0.2) is 53.5 Å². The van der Waals surface area contributed by atoms with Gasteiger partial charge >= 0.3 is 6.18 Å². The van der Waals surface area contributed by atoms with Crippen LogP contribution in [0.4, 0.5) is 18.9 Å². The fourth-order valence-electron chi connectivity index (χ4n) is 3.15. The molecule has 0 aliphatic rings. The van der Waals surface area contributed by atoms with Gasteiger partial charge in [0.2, 0.25) is 5.43 Å². The molecule has 0 bridgehead atoms. The Bertz CT molecular complexity index is 1110. The van der Waals surface area contributed by atoms with Crippen LogP contribution in [0.25, 0.3) is 10.9 Å². The maximum Gasteiger partial charge on any atom is 0.416 e. The van der Waals surface area contributed by atoms with Crippen molar-refractivity contribution in [2.75, 3.05) is 5.32 Å². The molecule has 0 radical (unpaired) electrons. The van der Waals surface area contributed by atoms with Crippen LogP contribution in [0.2, 0.25) is 0 Å². The Kier molecular flexibility index (Phi) is 5.50. The normalized spacial score (nSPS) is 11.8. The first-order valence-corrected chi connectivity index (χ1v) is 9.27. The lowest BCUT2D eigenvalue weighted by Gasteiger charge is -2.14. The van der Waals surface area contributed by atoms with Gasteiger partial charge in [0.05, 0.1) is 11.1 Å². The molecule has 1 heterocycles. The Morgan fingerprint density at radius 2 is 1.76 bits per heavy atom. The van der Waals surface area contributed by atoms with Crippen LogP contribution in [0, 0.1) is 0 Å². The van der Waals surface area contributed by atoms with Gasteiger partial charge in [-0.25, -0.2) is 0 Å². The highest BCUT2D eigenvalue weighted by atomic mass is 19.4. The molecule has 0 unspecified atom stereocenters. The molecule has 0 fully saturated rings. The second-order valence-electron chi connectivity index (χ2n) is 7.12. The standard InChI is InChI=1S/C22H21F3N2O2/c1-4-27-12-18(21(29)26-16-8-5-14(6-9-16)13(2)3)20(28)17-11-15(22(23,24)25)7-10-19(17)27/h5-13H,4H2,1-3H3,(H,26,29). The number of aryl methyl sites for hydroxylation is 1. The number of alkyl halides is 3. The summed E-state index contributed by atoms with van der Waals surface area (Å²) in [5, 5.41) is 2.52. The molecule has 3 aromatic rings. The number of nitrogens with one attached hydrogen (secondary N) is 1. The molecule has 0 spiro atoms. The highest BCUT2D eigenvalue weighted by Crippen LogP contribution is 2.31.